The molecule has 0 atom stereocenters. The van der Waals surface area contributed by atoms with Crippen LogP contribution in [0.15, 0.2) is 12.1 Å². The van der Waals surface area contributed by atoms with Gasteiger partial charge >= 0.3 is 0 Å². The lowest BCUT2D eigenvalue weighted by Gasteiger charge is -2.15. The minimum absolute atomic E-state index is 0. The molecular formula is C12H20ClNO3. The van der Waals surface area contributed by atoms with Crippen molar-refractivity contribution in [3.63, 3.8) is 0 Å². The third-order valence-electron chi connectivity index (χ3n) is 2.11. The van der Waals surface area contributed by atoms with Crippen LogP contribution in [0.25, 0.3) is 0 Å². The lowest BCUT2D eigenvalue weighted by Crippen LogP contribution is -2.05. The normalized spacial score (nSPS) is 15.4. The Morgan fingerprint density at radius 1 is 1.29 bits per heavy atom. The van der Waals surface area contributed by atoms with Gasteiger partial charge in [-0.25, -0.2) is 0 Å². The van der Waals surface area contributed by atoms with E-state index in [-0.39, 0.29) is 29.7 Å². The molecule has 0 unspecified atom stereocenters. The predicted octanol–water partition coefficient (Wildman–Crippen LogP) is 2.03. The number of hydrogen-bond acceptors (Lipinski definition) is 4. The quantitative estimate of drug-likeness (QED) is 0.856. The average Bonchev–Trinajstić information content (AvgIpc) is 2.38. The first-order valence-electron chi connectivity index (χ1n) is 7.30. The van der Waals surface area contributed by atoms with Crippen molar-refractivity contribution in [3.8, 4) is 17.2 Å². The van der Waals surface area contributed by atoms with Crippen LogP contribution >= 0.6 is 12.4 Å². The van der Waals surface area contributed by atoms with Crippen molar-refractivity contribution in [2.75, 3.05) is 27.3 Å². The summed E-state index contributed by atoms with van der Waals surface area (Å²) in [6.45, 7) is -5.40. The van der Waals surface area contributed by atoms with Crippen LogP contribution in [0.5, 0.6) is 17.2 Å². The molecule has 0 bridgehead atoms. The highest BCUT2D eigenvalue weighted by Crippen LogP contribution is 2.38. The van der Waals surface area contributed by atoms with Crippen LogP contribution < -0.4 is 19.9 Å². The van der Waals surface area contributed by atoms with Crippen molar-refractivity contribution in [2.45, 2.75) is 13.3 Å². The fourth-order valence-electron chi connectivity index (χ4n) is 1.40. The summed E-state index contributed by atoms with van der Waals surface area (Å²) in [6, 6.07) is 3.22. The molecular weight excluding hydrogens is 242 g/mol. The van der Waals surface area contributed by atoms with Crippen molar-refractivity contribution < 1.29 is 21.1 Å². The van der Waals surface area contributed by atoms with Gasteiger partial charge in [0.05, 0.1) is 23.5 Å². The Bertz CT molecular complexity index is 471. The zero-order valence-electron chi connectivity index (χ0n) is 14.8. The van der Waals surface area contributed by atoms with Crippen molar-refractivity contribution in [3.05, 3.63) is 17.7 Å². The van der Waals surface area contributed by atoms with Crippen molar-refractivity contribution in [1.29, 1.82) is 0 Å². The van der Waals surface area contributed by atoms with E-state index in [2.05, 4.69) is 0 Å². The molecule has 1 aromatic carbocycles. The summed E-state index contributed by atoms with van der Waals surface area (Å²) in [6.07, 6.45) is 0.569. The van der Waals surface area contributed by atoms with E-state index in [1.54, 1.807) is 12.1 Å². The van der Waals surface area contributed by atoms with E-state index in [1.807, 2.05) is 0 Å². The highest BCUT2D eigenvalue weighted by atomic mass is 35.5. The first-order chi connectivity index (χ1) is 9.66. The lowest BCUT2D eigenvalue weighted by atomic mass is 10.1. The fraction of sp³-hybridized carbons (Fsp3) is 0.500. The summed E-state index contributed by atoms with van der Waals surface area (Å²) in [5, 5.41) is 0. The zero-order chi connectivity index (χ0) is 16.3. The molecule has 0 aromatic heterocycles. The maximum atomic E-state index is 7.54. The molecule has 0 amide bonds. The number of benzene rings is 1. The summed E-state index contributed by atoms with van der Waals surface area (Å²) in [5.41, 5.74) is 6.31. The van der Waals surface area contributed by atoms with E-state index in [0.717, 1.165) is 5.56 Å². The van der Waals surface area contributed by atoms with Gasteiger partial charge in [-0.2, -0.15) is 0 Å². The van der Waals surface area contributed by atoms with Gasteiger partial charge in [0.25, 0.3) is 0 Å². The van der Waals surface area contributed by atoms with Crippen LogP contribution in [0, 0.1) is 0 Å². The third-order valence-corrected chi connectivity index (χ3v) is 2.11. The van der Waals surface area contributed by atoms with Gasteiger partial charge in [0, 0.05) is 4.11 Å². The van der Waals surface area contributed by atoms with Crippen molar-refractivity contribution >= 4 is 12.4 Å². The highest BCUT2D eigenvalue weighted by molar-refractivity contribution is 5.85. The third kappa shape index (κ3) is 3.98. The molecule has 4 nitrogen and oxygen atoms in total. The van der Waals surface area contributed by atoms with Gasteiger partial charge in [-0.05, 0) is 37.5 Å². The molecule has 0 saturated carbocycles. The second-order valence-corrected chi connectivity index (χ2v) is 3.07. The highest BCUT2D eigenvalue weighted by Gasteiger charge is 2.13. The number of methoxy groups -OCH3 is 2. The SMILES string of the molecule is Cl.[2H]C([2H])([2H])C([2H])([2H])Oc1c(OC)cc(CCN)cc1OC. The number of nitrogens with two attached hydrogens (primary N) is 1. The van der Waals surface area contributed by atoms with Gasteiger partial charge in [-0.1, -0.05) is 0 Å². The second kappa shape index (κ2) is 8.03. The monoisotopic (exact) mass is 266 g/mol. The molecule has 1 rings (SSSR count). The Kier molecular flexibility index (Phi) is 4.20. The first-order valence-corrected chi connectivity index (χ1v) is 4.80. The molecule has 5 heteroatoms. The molecule has 98 valence electrons. The number of hydrogen-bond donors (Lipinski definition) is 1. The second-order valence-electron chi connectivity index (χ2n) is 3.07. The molecule has 0 saturated heterocycles. The van der Waals surface area contributed by atoms with E-state index in [1.165, 1.54) is 14.2 Å². The molecule has 0 aliphatic carbocycles. The van der Waals surface area contributed by atoms with E-state index in [0.29, 0.717) is 13.0 Å². The van der Waals surface area contributed by atoms with Gasteiger partial charge < -0.3 is 19.9 Å². The molecule has 17 heavy (non-hydrogen) atoms. The van der Waals surface area contributed by atoms with Gasteiger partial charge in [-0.3, -0.25) is 0 Å². The summed E-state index contributed by atoms with van der Waals surface area (Å²) in [4.78, 5) is 0. The van der Waals surface area contributed by atoms with E-state index in [9.17, 15) is 0 Å². The standard InChI is InChI=1S/C12H19NO3.ClH/c1-4-16-12-10(14-2)7-9(5-6-13)8-11(12)15-3;/h7-8H,4-6,13H2,1-3H3;1H/i1D3,4D2;. The Hall–Kier alpha value is -1.13. The maximum absolute atomic E-state index is 7.54. The molecule has 0 aliphatic heterocycles. The van der Waals surface area contributed by atoms with Gasteiger partial charge in [0.1, 0.15) is 0 Å². The maximum Gasteiger partial charge on any atom is 0.203 e. The Morgan fingerprint density at radius 2 is 1.88 bits per heavy atom. The number of halogens is 1. The van der Waals surface area contributed by atoms with Gasteiger partial charge in [0.2, 0.25) is 5.75 Å². The summed E-state index contributed by atoms with van der Waals surface area (Å²) < 4.78 is 51.9. The van der Waals surface area contributed by atoms with Crippen LogP contribution in [0.2, 0.25) is 0 Å². The topological polar surface area (TPSA) is 53.7 Å². The molecule has 0 aliphatic rings. The van der Waals surface area contributed by atoms with E-state index < -0.39 is 13.4 Å². The number of rotatable bonds is 6. The molecule has 0 heterocycles. The van der Waals surface area contributed by atoms with E-state index in [4.69, 9.17) is 26.8 Å². The smallest absolute Gasteiger partial charge is 0.203 e. The minimum Gasteiger partial charge on any atom is -0.493 e. The molecule has 2 N–H and O–H groups in total. The van der Waals surface area contributed by atoms with E-state index >= 15 is 0 Å². The fourth-order valence-corrected chi connectivity index (χ4v) is 1.40. The van der Waals surface area contributed by atoms with Crippen LogP contribution in [-0.4, -0.2) is 27.3 Å². The first kappa shape index (κ1) is 8.89. The molecule has 0 radical (unpaired) electrons. The number of ether oxygens (including phenoxy) is 3. The van der Waals surface area contributed by atoms with Crippen LogP contribution in [0.4, 0.5) is 0 Å². The lowest BCUT2D eigenvalue weighted by molar-refractivity contribution is 0.288. The largest absolute Gasteiger partial charge is 0.493 e. The summed E-state index contributed by atoms with van der Waals surface area (Å²) >= 11 is 0. The van der Waals surface area contributed by atoms with Crippen LogP contribution in [0.3, 0.4) is 0 Å². The Labute approximate surface area is 115 Å². The molecule has 1 aromatic rings. The molecule has 0 fully saturated rings. The van der Waals surface area contributed by atoms with Crippen molar-refractivity contribution in [2.24, 2.45) is 5.73 Å². The Balaban J connectivity index is 0.00000441. The summed E-state index contributed by atoms with van der Waals surface area (Å²) in [5.74, 6) is 0.277. The van der Waals surface area contributed by atoms with Crippen LogP contribution in [-0.2, 0) is 6.42 Å². The van der Waals surface area contributed by atoms with Crippen molar-refractivity contribution in [1.82, 2.24) is 0 Å². The summed E-state index contributed by atoms with van der Waals surface area (Å²) in [7, 11) is 2.75. The van der Waals surface area contributed by atoms with Gasteiger partial charge in [-0.15, -0.1) is 12.4 Å². The Morgan fingerprint density at radius 3 is 2.29 bits per heavy atom. The predicted molar refractivity (Wildman–Crippen MR) is 70.7 cm³/mol. The zero-order valence-corrected chi connectivity index (χ0v) is 10.6. The minimum atomic E-state index is -2.95. The average molecular weight is 267 g/mol. The van der Waals surface area contributed by atoms with Crippen LogP contribution in [0.1, 0.15) is 19.3 Å². The van der Waals surface area contributed by atoms with Gasteiger partial charge in [0.15, 0.2) is 11.5 Å². The molecule has 0 spiro atoms.